The Bertz CT molecular complexity index is 262. The fourth-order valence-electron chi connectivity index (χ4n) is 1.10. The van der Waals surface area contributed by atoms with Crippen molar-refractivity contribution in [3.8, 4) is 17.2 Å². The maximum absolute atomic E-state index is 5.53. The number of benzene rings is 1. The van der Waals surface area contributed by atoms with E-state index >= 15 is 0 Å². The largest absolute Gasteiger partial charge is 0.493 e. The number of ether oxygens (including phenoxy) is 3. The molecule has 0 heterocycles. The molecule has 0 aliphatic heterocycles. The average molecular weight is 195 g/mol. The third-order valence-corrected chi connectivity index (χ3v) is 1.77. The Hall–Kier alpha value is -1.38. The van der Waals surface area contributed by atoms with Crippen LogP contribution in [0, 0.1) is 6.07 Å². The molecule has 1 aromatic rings. The molecular weight excluding hydrogens is 180 g/mol. The molecule has 0 saturated heterocycles. The quantitative estimate of drug-likeness (QED) is 0.721. The molecule has 3 heteroatoms. The summed E-state index contributed by atoms with van der Waals surface area (Å²) in [5, 5.41) is 0. The molecule has 0 N–H and O–H groups in total. The van der Waals surface area contributed by atoms with Gasteiger partial charge in [-0.2, -0.15) is 0 Å². The van der Waals surface area contributed by atoms with Gasteiger partial charge in [-0.05, 0) is 24.6 Å². The third-order valence-electron chi connectivity index (χ3n) is 1.77. The van der Waals surface area contributed by atoms with Crippen molar-refractivity contribution in [2.45, 2.75) is 13.3 Å². The highest BCUT2D eigenvalue weighted by Crippen LogP contribution is 2.36. The second-order valence-corrected chi connectivity index (χ2v) is 2.77. The lowest BCUT2D eigenvalue weighted by Gasteiger charge is -2.12. The first-order valence-electron chi connectivity index (χ1n) is 4.58. The van der Waals surface area contributed by atoms with E-state index in [0.29, 0.717) is 23.9 Å². The highest BCUT2D eigenvalue weighted by molar-refractivity contribution is 5.50. The molecule has 1 rings (SSSR count). The van der Waals surface area contributed by atoms with Crippen molar-refractivity contribution in [1.82, 2.24) is 0 Å². The van der Waals surface area contributed by atoms with Crippen LogP contribution in [0.1, 0.15) is 13.3 Å². The lowest BCUT2D eigenvalue weighted by Crippen LogP contribution is -2.00. The lowest BCUT2D eigenvalue weighted by atomic mass is 10.3. The molecule has 0 fully saturated rings. The Labute approximate surface area is 84.6 Å². The molecule has 0 aliphatic carbocycles. The molecule has 0 bridgehead atoms. The zero-order chi connectivity index (χ0) is 10.4. The normalized spacial score (nSPS) is 9.64. The highest BCUT2D eigenvalue weighted by atomic mass is 16.5. The average Bonchev–Trinajstić information content (AvgIpc) is 2.25. The van der Waals surface area contributed by atoms with Gasteiger partial charge in [-0.1, -0.05) is 6.92 Å². The number of hydrogen-bond donors (Lipinski definition) is 0. The molecule has 0 atom stereocenters. The molecule has 3 nitrogen and oxygen atoms in total. The predicted octanol–water partition coefficient (Wildman–Crippen LogP) is 2.29. The molecule has 0 unspecified atom stereocenters. The van der Waals surface area contributed by atoms with E-state index in [-0.39, 0.29) is 0 Å². The number of hydrogen-bond acceptors (Lipinski definition) is 3. The van der Waals surface area contributed by atoms with Gasteiger partial charge in [-0.25, -0.2) is 0 Å². The summed E-state index contributed by atoms with van der Waals surface area (Å²) in [4.78, 5) is 0. The minimum Gasteiger partial charge on any atom is -0.493 e. The van der Waals surface area contributed by atoms with E-state index in [9.17, 15) is 0 Å². The summed E-state index contributed by atoms with van der Waals surface area (Å²) in [7, 11) is 3.20. The molecular formula is C11H15O3. The van der Waals surface area contributed by atoms with Crippen LogP contribution in [-0.4, -0.2) is 20.8 Å². The minimum atomic E-state index is 0.649. The van der Waals surface area contributed by atoms with Gasteiger partial charge in [0.1, 0.15) is 0 Å². The first kappa shape index (κ1) is 10.7. The zero-order valence-electron chi connectivity index (χ0n) is 8.79. The Morgan fingerprint density at radius 1 is 1.14 bits per heavy atom. The van der Waals surface area contributed by atoms with Gasteiger partial charge in [0.15, 0.2) is 11.5 Å². The van der Waals surface area contributed by atoms with Crippen LogP contribution in [0.3, 0.4) is 0 Å². The van der Waals surface area contributed by atoms with Gasteiger partial charge in [0.05, 0.1) is 20.8 Å². The van der Waals surface area contributed by atoms with Crippen LogP contribution in [0.15, 0.2) is 12.1 Å². The van der Waals surface area contributed by atoms with Crippen LogP contribution in [0.4, 0.5) is 0 Å². The first-order chi connectivity index (χ1) is 6.83. The molecule has 0 aliphatic rings. The van der Waals surface area contributed by atoms with Gasteiger partial charge in [0.25, 0.3) is 0 Å². The molecule has 1 aromatic carbocycles. The van der Waals surface area contributed by atoms with Crippen LogP contribution >= 0.6 is 0 Å². The van der Waals surface area contributed by atoms with Crippen molar-refractivity contribution in [1.29, 1.82) is 0 Å². The van der Waals surface area contributed by atoms with Gasteiger partial charge in [0.2, 0.25) is 5.75 Å². The predicted molar refractivity (Wildman–Crippen MR) is 54.2 cm³/mol. The van der Waals surface area contributed by atoms with Crippen molar-refractivity contribution in [3.05, 3.63) is 18.2 Å². The lowest BCUT2D eigenvalue weighted by molar-refractivity contribution is 0.275. The van der Waals surface area contributed by atoms with E-state index in [2.05, 4.69) is 6.07 Å². The second-order valence-electron chi connectivity index (χ2n) is 2.77. The Balaban J connectivity index is 2.93. The molecule has 0 spiro atoms. The van der Waals surface area contributed by atoms with E-state index in [1.54, 1.807) is 26.4 Å². The molecule has 0 aromatic heterocycles. The van der Waals surface area contributed by atoms with Gasteiger partial charge in [-0.15, -0.1) is 0 Å². The summed E-state index contributed by atoms with van der Waals surface area (Å²) >= 11 is 0. The zero-order valence-corrected chi connectivity index (χ0v) is 8.79. The first-order valence-corrected chi connectivity index (χ1v) is 4.58. The summed E-state index contributed by atoms with van der Waals surface area (Å²) < 4.78 is 15.8. The SMILES string of the molecule is CCCOc1c(OC)c[c]cc1OC. The van der Waals surface area contributed by atoms with Crippen molar-refractivity contribution >= 4 is 0 Å². The Kier molecular flexibility index (Phi) is 4.11. The van der Waals surface area contributed by atoms with E-state index < -0.39 is 0 Å². The van der Waals surface area contributed by atoms with E-state index in [0.717, 1.165) is 6.42 Å². The maximum atomic E-state index is 5.53. The third kappa shape index (κ3) is 2.31. The number of rotatable bonds is 5. The number of methoxy groups -OCH3 is 2. The van der Waals surface area contributed by atoms with Crippen molar-refractivity contribution in [2.75, 3.05) is 20.8 Å². The van der Waals surface area contributed by atoms with Crippen molar-refractivity contribution in [3.63, 3.8) is 0 Å². The van der Waals surface area contributed by atoms with Gasteiger partial charge >= 0.3 is 0 Å². The highest BCUT2D eigenvalue weighted by Gasteiger charge is 2.10. The summed E-state index contributed by atoms with van der Waals surface area (Å²) in [6.07, 6.45) is 0.949. The maximum Gasteiger partial charge on any atom is 0.203 e. The smallest absolute Gasteiger partial charge is 0.203 e. The Morgan fingerprint density at radius 3 is 2.14 bits per heavy atom. The van der Waals surface area contributed by atoms with E-state index in [1.165, 1.54) is 0 Å². The summed E-state index contributed by atoms with van der Waals surface area (Å²) in [5.74, 6) is 1.95. The summed E-state index contributed by atoms with van der Waals surface area (Å²) in [6, 6.07) is 6.38. The van der Waals surface area contributed by atoms with E-state index in [1.807, 2.05) is 6.92 Å². The summed E-state index contributed by atoms with van der Waals surface area (Å²) in [5.41, 5.74) is 0. The fraction of sp³-hybridized carbons (Fsp3) is 0.455. The van der Waals surface area contributed by atoms with Gasteiger partial charge < -0.3 is 14.2 Å². The minimum absolute atomic E-state index is 0.649. The fourth-order valence-corrected chi connectivity index (χ4v) is 1.10. The van der Waals surface area contributed by atoms with Crippen LogP contribution in [-0.2, 0) is 0 Å². The topological polar surface area (TPSA) is 27.7 Å². The molecule has 0 saturated carbocycles. The molecule has 1 radical (unpaired) electrons. The van der Waals surface area contributed by atoms with Crippen LogP contribution in [0.25, 0.3) is 0 Å². The van der Waals surface area contributed by atoms with Crippen molar-refractivity contribution < 1.29 is 14.2 Å². The van der Waals surface area contributed by atoms with Crippen LogP contribution in [0.2, 0.25) is 0 Å². The molecule has 14 heavy (non-hydrogen) atoms. The standard InChI is InChI=1S/C11H15O3/c1-4-8-14-11-9(12-2)6-5-7-10(11)13-3/h6-7H,4,8H2,1-3H3. The molecule has 77 valence electrons. The second kappa shape index (κ2) is 5.37. The monoisotopic (exact) mass is 195 g/mol. The van der Waals surface area contributed by atoms with Crippen molar-refractivity contribution in [2.24, 2.45) is 0 Å². The van der Waals surface area contributed by atoms with Gasteiger partial charge in [0, 0.05) is 0 Å². The summed E-state index contributed by atoms with van der Waals surface area (Å²) in [6.45, 7) is 2.70. The van der Waals surface area contributed by atoms with Gasteiger partial charge in [-0.3, -0.25) is 0 Å². The Morgan fingerprint density at radius 2 is 1.71 bits per heavy atom. The van der Waals surface area contributed by atoms with Crippen LogP contribution < -0.4 is 14.2 Å². The van der Waals surface area contributed by atoms with E-state index in [4.69, 9.17) is 14.2 Å². The molecule has 0 amide bonds. The van der Waals surface area contributed by atoms with Crippen LogP contribution in [0.5, 0.6) is 17.2 Å².